The SMILES string of the molecule is Cc1cc(Br)cc(C(=O)Nc2nc(Cl)c(Cl)c(Cl)c2NC(=O)C(F)(F)C(F)(F)F)c1. The van der Waals surface area contributed by atoms with Crippen molar-refractivity contribution < 1.29 is 31.5 Å². The quantitative estimate of drug-likeness (QED) is 0.334. The van der Waals surface area contributed by atoms with Crippen molar-refractivity contribution >= 4 is 74.1 Å². The summed E-state index contributed by atoms with van der Waals surface area (Å²) in [6, 6.07) is 4.54. The molecule has 30 heavy (non-hydrogen) atoms. The zero-order valence-electron chi connectivity index (χ0n) is 14.4. The van der Waals surface area contributed by atoms with Crippen LogP contribution in [0.15, 0.2) is 22.7 Å². The topological polar surface area (TPSA) is 71.1 Å². The number of rotatable bonds is 4. The molecule has 0 aliphatic rings. The van der Waals surface area contributed by atoms with Gasteiger partial charge in [-0.25, -0.2) is 4.98 Å². The van der Waals surface area contributed by atoms with Crippen molar-refractivity contribution in [2.75, 3.05) is 10.6 Å². The molecule has 1 heterocycles. The molecule has 0 aliphatic heterocycles. The number of aromatic nitrogens is 1. The van der Waals surface area contributed by atoms with Gasteiger partial charge in [0.1, 0.15) is 5.69 Å². The number of hydrogen-bond donors (Lipinski definition) is 2. The van der Waals surface area contributed by atoms with Crippen LogP contribution >= 0.6 is 50.7 Å². The first kappa shape index (κ1) is 24.6. The molecule has 0 spiro atoms. The van der Waals surface area contributed by atoms with Crippen molar-refractivity contribution in [3.8, 4) is 0 Å². The molecular formula is C16H8BrCl3F5N3O2. The Labute approximate surface area is 189 Å². The number of alkyl halides is 5. The number of benzene rings is 1. The fourth-order valence-electron chi connectivity index (χ4n) is 2.08. The van der Waals surface area contributed by atoms with Crippen LogP contribution in [0.1, 0.15) is 15.9 Å². The molecule has 0 aliphatic carbocycles. The van der Waals surface area contributed by atoms with Gasteiger partial charge in [0.05, 0.1) is 10.0 Å². The lowest BCUT2D eigenvalue weighted by Crippen LogP contribution is -2.47. The summed E-state index contributed by atoms with van der Waals surface area (Å²) in [5, 5.41) is 1.71. The molecule has 0 fully saturated rings. The summed E-state index contributed by atoms with van der Waals surface area (Å²) in [5.74, 6) is -10.1. The van der Waals surface area contributed by atoms with Gasteiger partial charge in [-0.2, -0.15) is 22.0 Å². The maximum Gasteiger partial charge on any atom is 0.463 e. The van der Waals surface area contributed by atoms with Crippen molar-refractivity contribution in [1.29, 1.82) is 0 Å². The predicted molar refractivity (Wildman–Crippen MR) is 106 cm³/mol. The van der Waals surface area contributed by atoms with Gasteiger partial charge in [0.15, 0.2) is 11.0 Å². The summed E-state index contributed by atoms with van der Waals surface area (Å²) in [7, 11) is 0. The number of aryl methyl sites for hydroxylation is 1. The van der Waals surface area contributed by atoms with Gasteiger partial charge < -0.3 is 10.6 Å². The van der Waals surface area contributed by atoms with Gasteiger partial charge in [-0.05, 0) is 30.7 Å². The third-order valence-corrected chi connectivity index (χ3v) is 5.13. The van der Waals surface area contributed by atoms with Crippen LogP contribution in [0.2, 0.25) is 15.2 Å². The van der Waals surface area contributed by atoms with Gasteiger partial charge in [-0.3, -0.25) is 9.59 Å². The summed E-state index contributed by atoms with van der Waals surface area (Å²) in [6.45, 7) is 1.68. The molecule has 0 atom stereocenters. The standard InChI is InChI=1S/C16H8BrCl3F5N3O2/c1-5-2-6(4-7(17)3-5)13(29)28-12-10(8(18)9(19)11(20)27-12)26-14(30)15(21,22)16(23,24)25/h2-4H,1H3,(H,26,30)(H,27,28,29). The maximum atomic E-state index is 13.3. The number of nitrogens with zero attached hydrogens (tertiary/aromatic N) is 1. The fraction of sp³-hybridized carbons (Fsp3) is 0.188. The Bertz CT molecular complexity index is 1010. The monoisotopic (exact) mass is 553 g/mol. The molecule has 0 saturated carbocycles. The molecule has 0 saturated heterocycles. The lowest BCUT2D eigenvalue weighted by molar-refractivity contribution is -0.267. The molecule has 0 bridgehead atoms. The zero-order chi connectivity index (χ0) is 23.0. The molecule has 1 aromatic heterocycles. The van der Waals surface area contributed by atoms with E-state index in [0.29, 0.717) is 10.0 Å². The molecular weight excluding hydrogens is 547 g/mol. The van der Waals surface area contributed by atoms with Crippen LogP contribution < -0.4 is 10.6 Å². The van der Waals surface area contributed by atoms with E-state index in [-0.39, 0.29) is 5.56 Å². The lowest BCUT2D eigenvalue weighted by Gasteiger charge is -2.20. The van der Waals surface area contributed by atoms with Gasteiger partial charge in [0.25, 0.3) is 5.91 Å². The molecule has 0 unspecified atom stereocenters. The van der Waals surface area contributed by atoms with E-state index in [1.165, 1.54) is 17.4 Å². The van der Waals surface area contributed by atoms with Crippen molar-refractivity contribution in [2.45, 2.75) is 19.0 Å². The summed E-state index contributed by atoms with van der Waals surface area (Å²) >= 11 is 20.5. The maximum absolute atomic E-state index is 13.3. The second kappa shape index (κ2) is 8.81. The van der Waals surface area contributed by atoms with E-state index in [9.17, 15) is 31.5 Å². The van der Waals surface area contributed by atoms with Crippen LogP contribution in [0.5, 0.6) is 0 Å². The number of anilines is 2. The van der Waals surface area contributed by atoms with Gasteiger partial charge in [-0.1, -0.05) is 50.7 Å². The Hall–Kier alpha value is -1.69. The number of pyridine rings is 1. The van der Waals surface area contributed by atoms with Gasteiger partial charge in [0, 0.05) is 10.0 Å². The Morgan fingerprint density at radius 3 is 2.13 bits per heavy atom. The van der Waals surface area contributed by atoms with Crippen LogP contribution in [0.4, 0.5) is 33.5 Å². The van der Waals surface area contributed by atoms with Gasteiger partial charge in [0.2, 0.25) is 0 Å². The highest BCUT2D eigenvalue weighted by Crippen LogP contribution is 2.42. The van der Waals surface area contributed by atoms with Crippen molar-refractivity contribution in [3.63, 3.8) is 0 Å². The summed E-state index contributed by atoms with van der Waals surface area (Å²) < 4.78 is 64.5. The van der Waals surface area contributed by atoms with Crippen LogP contribution in [0, 0.1) is 6.92 Å². The van der Waals surface area contributed by atoms with Gasteiger partial charge >= 0.3 is 18.0 Å². The van der Waals surface area contributed by atoms with Crippen LogP contribution in [0.25, 0.3) is 0 Å². The van der Waals surface area contributed by atoms with Gasteiger partial charge in [-0.15, -0.1) is 0 Å². The molecule has 0 radical (unpaired) electrons. The van der Waals surface area contributed by atoms with Crippen LogP contribution in [-0.2, 0) is 4.79 Å². The summed E-state index contributed by atoms with van der Waals surface area (Å²) in [5.41, 5.74) is -0.142. The number of nitrogens with one attached hydrogen (secondary N) is 2. The Morgan fingerprint density at radius 1 is 1.00 bits per heavy atom. The number of amides is 2. The highest BCUT2D eigenvalue weighted by molar-refractivity contribution is 9.10. The minimum Gasteiger partial charge on any atom is -0.316 e. The van der Waals surface area contributed by atoms with E-state index in [1.54, 1.807) is 13.0 Å². The molecule has 162 valence electrons. The Balaban J connectivity index is 2.48. The predicted octanol–water partition coefficient (Wildman–Crippen LogP) is 6.50. The first-order chi connectivity index (χ1) is 13.6. The molecule has 5 nitrogen and oxygen atoms in total. The summed E-state index contributed by atoms with van der Waals surface area (Å²) in [4.78, 5) is 27.7. The van der Waals surface area contributed by atoms with E-state index in [2.05, 4.69) is 26.2 Å². The minimum atomic E-state index is -6.18. The van der Waals surface area contributed by atoms with Crippen molar-refractivity contribution in [3.05, 3.63) is 49.0 Å². The molecule has 14 heteroatoms. The second-order valence-electron chi connectivity index (χ2n) is 5.75. The normalized spacial score (nSPS) is 11.9. The molecule has 2 aromatic rings. The van der Waals surface area contributed by atoms with Crippen LogP contribution in [0.3, 0.4) is 0 Å². The zero-order valence-corrected chi connectivity index (χ0v) is 18.3. The first-order valence-electron chi connectivity index (χ1n) is 7.54. The number of carbonyl (C=O) groups excluding carboxylic acids is 2. The Kier molecular flexibility index (Phi) is 7.22. The van der Waals surface area contributed by atoms with Crippen molar-refractivity contribution in [2.24, 2.45) is 0 Å². The van der Waals surface area contributed by atoms with E-state index < -0.39 is 50.6 Å². The fourth-order valence-corrected chi connectivity index (χ4v) is 3.28. The molecule has 1 aromatic carbocycles. The molecule has 2 amide bonds. The third-order valence-electron chi connectivity index (χ3n) is 3.46. The van der Waals surface area contributed by atoms with E-state index in [4.69, 9.17) is 34.8 Å². The second-order valence-corrected chi connectivity index (χ2v) is 7.78. The smallest absolute Gasteiger partial charge is 0.316 e. The van der Waals surface area contributed by atoms with Crippen LogP contribution in [-0.4, -0.2) is 28.9 Å². The Morgan fingerprint density at radius 2 is 1.60 bits per heavy atom. The molecule has 2 N–H and O–H groups in total. The highest BCUT2D eigenvalue weighted by atomic mass is 79.9. The van der Waals surface area contributed by atoms with E-state index in [0.717, 1.165) is 0 Å². The van der Waals surface area contributed by atoms with E-state index >= 15 is 0 Å². The summed E-state index contributed by atoms with van der Waals surface area (Å²) in [6.07, 6.45) is -6.18. The number of halogens is 9. The lowest BCUT2D eigenvalue weighted by atomic mass is 10.1. The van der Waals surface area contributed by atoms with Crippen molar-refractivity contribution in [1.82, 2.24) is 4.98 Å². The average Bonchev–Trinajstić information content (AvgIpc) is 2.61. The number of hydrogen-bond acceptors (Lipinski definition) is 3. The average molecular weight is 556 g/mol. The largest absolute Gasteiger partial charge is 0.463 e. The molecule has 2 rings (SSSR count). The third kappa shape index (κ3) is 5.13. The highest BCUT2D eigenvalue weighted by Gasteiger charge is 2.63. The minimum absolute atomic E-state index is 0.0729. The first-order valence-corrected chi connectivity index (χ1v) is 9.47. The van der Waals surface area contributed by atoms with E-state index in [1.807, 2.05) is 0 Å². The number of carbonyl (C=O) groups is 2.